The monoisotopic (exact) mass is 328 g/mol. The Kier molecular flexibility index (Phi) is 5.71. The molecule has 0 fully saturated rings. The second-order valence-corrected chi connectivity index (χ2v) is 6.53. The molecule has 0 saturated carbocycles. The average molecular weight is 328 g/mol. The van der Waals surface area contributed by atoms with E-state index in [1.54, 1.807) is 48.7 Å². The molecular weight excluding hydrogens is 308 g/mol. The maximum Gasteiger partial charge on any atom is 0.251 e. The lowest BCUT2D eigenvalue weighted by Gasteiger charge is -2.10. The summed E-state index contributed by atoms with van der Waals surface area (Å²) in [5, 5.41) is 5.51. The lowest BCUT2D eigenvalue weighted by molar-refractivity contribution is -0.117. The zero-order valence-corrected chi connectivity index (χ0v) is 14.2. The van der Waals surface area contributed by atoms with E-state index in [4.69, 9.17) is 0 Å². The standard InChI is InChI=1S/C18H20N2O2S/c1-12-4-10-16(23-12)13(2)20-17(21)11-7-14-5-8-15(9-6-14)18(22)19-3/h4-11,13H,1-3H3,(H,19,22)(H,20,21)/b11-7+/t13-/m1/s1. The largest absolute Gasteiger partial charge is 0.355 e. The summed E-state index contributed by atoms with van der Waals surface area (Å²) in [5.41, 5.74) is 1.46. The van der Waals surface area contributed by atoms with Gasteiger partial charge in [0, 0.05) is 28.4 Å². The third-order valence-electron chi connectivity index (χ3n) is 3.37. The van der Waals surface area contributed by atoms with Crippen molar-refractivity contribution in [3.8, 4) is 0 Å². The summed E-state index contributed by atoms with van der Waals surface area (Å²) in [5.74, 6) is -0.266. The second-order valence-electron chi connectivity index (χ2n) is 5.21. The minimum absolute atomic E-state index is 0.0125. The van der Waals surface area contributed by atoms with Gasteiger partial charge >= 0.3 is 0 Å². The van der Waals surface area contributed by atoms with Crippen LogP contribution in [0.25, 0.3) is 6.08 Å². The summed E-state index contributed by atoms with van der Waals surface area (Å²) in [7, 11) is 1.59. The summed E-state index contributed by atoms with van der Waals surface area (Å²) in [4.78, 5) is 25.8. The molecule has 2 N–H and O–H groups in total. The Hall–Kier alpha value is -2.40. The van der Waals surface area contributed by atoms with Crippen LogP contribution in [0.3, 0.4) is 0 Å². The lowest BCUT2D eigenvalue weighted by Crippen LogP contribution is -2.23. The molecule has 1 aromatic heterocycles. The number of aryl methyl sites for hydroxylation is 1. The number of benzene rings is 1. The molecule has 2 aromatic rings. The van der Waals surface area contributed by atoms with E-state index in [1.807, 2.05) is 26.0 Å². The topological polar surface area (TPSA) is 58.2 Å². The Morgan fingerprint density at radius 2 is 1.83 bits per heavy atom. The summed E-state index contributed by atoms with van der Waals surface area (Å²) in [6, 6.07) is 11.1. The van der Waals surface area contributed by atoms with Crippen LogP contribution in [0.4, 0.5) is 0 Å². The van der Waals surface area contributed by atoms with Gasteiger partial charge in [0.15, 0.2) is 0 Å². The van der Waals surface area contributed by atoms with Crippen LogP contribution in [-0.4, -0.2) is 18.9 Å². The first-order valence-corrected chi connectivity index (χ1v) is 8.18. The normalized spacial score (nSPS) is 12.1. The van der Waals surface area contributed by atoms with Gasteiger partial charge in [-0.25, -0.2) is 0 Å². The zero-order chi connectivity index (χ0) is 16.8. The Morgan fingerprint density at radius 1 is 1.13 bits per heavy atom. The van der Waals surface area contributed by atoms with E-state index in [1.165, 1.54) is 11.0 Å². The van der Waals surface area contributed by atoms with E-state index in [0.717, 1.165) is 10.4 Å². The van der Waals surface area contributed by atoms with E-state index < -0.39 is 0 Å². The van der Waals surface area contributed by atoms with Crippen LogP contribution in [0.2, 0.25) is 0 Å². The highest BCUT2D eigenvalue weighted by atomic mass is 32.1. The van der Waals surface area contributed by atoms with Crippen LogP contribution in [0.1, 0.15) is 38.6 Å². The van der Waals surface area contributed by atoms with E-state index >= 15 is 0 Å². The fraction of sp³-hybridized carbons (Fsp3) is 0.222. The molecule has 120 valence electrons. The van der Waals surface area contributed by atoms with Gasteiger partial charge in [-0.3, -0.25) is 9.59 Å². The highest BCUT2D eigenvalue weighted by Gasteiger charge is 2.09. The summed E-state index contributed by atoms with van der Waals surface area (Å²) in [6.45, 7) is 4.01. The van der Waals surface area contributed by atoms with Gasteiger partial charge in [-0.05, 0) is 49.8 Å². The highest BCUT2D eigenvalue weighted by molar-refractivity contribution is 7.12. The molecule has 1 aromatic carbocycles. The van der Waals surface area contributed by atoms with Gasteiger partial charge < -0.3 is 10.6 Å². The van der Waals surface area contributed by atoms with Crippen LogP contribution >= 0.6 is 11.3 Å². The number of thiophene rings is 1. The van der Waals surface area contributed by atoms with Crippen LogP contribution in [0.15, 0.2) is 42.5 Å². The Morgan fingerprint density at radius 3 is 2.39 bits per heavy atom. The molecule has 2 rings (SSSR count). The molecule has 0 radical (unpaired) electrons. The van der Waals surface area contributed by atoms with Crippen molar-refractivity contribution in [2.45, 2.75) is 19.9 Å². The van der Waals surface area contributed by atoms with Crippen LogP contribution in [0, 0.1) is 6.92 Å². The van der Waals surface area contributed by atoms with Gasteiger partial charge in [0.2, 0.25) is 5.91 Å². The van der Waals surface area contributed by atoms with E-state index in [2.05, 4.69) is 10.6 Å². The first-order chi connectivity index (χ1) is 11.0. The number of rotatable bonds is 5. The molecule has 2 amide bonds. The van der Waals surface area contributed by atoms with Gasteiger partial charge in [0.05, 0.1) is 6.04 Å². The van der Waals surface area contributed by atoms with Crippen LogP contribution < -0.4 is 10.6 Å². The zero-order valence-electron chi connectivity index (χ0n) is 13.4. The SMILES string of the molecule is CNC(=O)c1ccc(/C=C/C(=O)N[C@H](C)c2ccc(C)s2)cc1. The highest BCUT2D eigenvalue weighted by Crippen LogP contribution is 2.22. The molecule has 5 heteroatoms. The van der Waals surface area contributed by atoms with Crippen molar-refractivity contribution in [1.82, 2.24) is 10.6 Å². The minimum atomic E-state index is -0.140. The molecule has 0 aliphatic rings. The molecule has 0 saturated heterocycles. The quantitative estimate of drug-likeness (QED) is 0.827. The van der Waals surface area contributed by atoms with Gasteiger partial charge in [-0.15, -0.1) is 11.3 Å². The van der Waals surface area contributed by atoms with E-state index in [0.29, 0.717) is 5.56 Å². The average Bonchev–Trinajstić information content (AvgIpc) is 2.99. The van der Waals surface area contributed by atoms with Crippen molar-refractivity contribution < 1.29 is 9.59 Å². The van der Waals surface area contributed by atoms with Gasteiger partial charge in [0.1, 0.15) is 0 Å². The smallest absolute Gasteiger partial charge is 0.251 e. The molecule has 0 bridgehead atoms. The number of carbonyl (C=O) groups excluding carboxylic acids is 2. The Labute approximate surface area is 140 Å². The maximum atomic E-state index is 12.0. The number of nitrogens with one attached hydrogen (secondary N) is 2. The molecule has 0 spiro atoms. The number of carbonyl (C=O) groups is 2. The van der Waals surface area contributed by atoms with E-state index in [-0.39, 0.29) is 17.9 Å². The van der Waals surface area contributed by atoms with Crippen molar-refractivity contribution in [3.05, 3.63) is 63.4 Å². The van der Waals surface area contributed by atoms with Gasteiger partial charge in [-0.1, -0.05) is 12.1 Å². The fourth-order valence-corrected chi connectivity index (χ4v) is 2.96. The number of amides is 2. The Bertz CT molecular complexity index is 717. The predicted octanol–water partition coefficient (Wildman–Crippen LogP) is 3.31. The second kappa shape index (κ2) is 7.74. The molecule has 4 nitrogen and oxygen atoms in total. The predicted molar refractivity (Wildman–Crippen MR) is 94.5 cm³/mol. The minimum Gasteiger partial charge on any atom is -0.355 e. The van der Waals surface area contributed by atoms with Crippen LogP contribution in [0.5, 0.6) is 0 Å². The molecule has 1 atom stereocenters. The molecule has 0 unspecified atom stereocenters. The van der Waals surface area contributed by atoms with Gasteiger partial charge in [-0.2, -0.15) is 0 Å². The summed E-state index contributed by atoms with van der Waals surface area (Å²) < 4.78 is 0. The lowest BCUT2D eigenvalue weighted by atomic mass is 10.1. The third kappa shape index (κ3) is 4.79. The molecule has 0 aliphatic carbocycles. The molecule has 0 aliphatic heterocycles. The van der Waals surface area contributed by atoms with Crippen LogP contribution in [-0.2, 0) is 4.79 Å². The molecular formula is C18H20N2O2S. The number of hydrogen-bond acceptors (Lipinski definition) is 3. The van der Waals surface area contributed by atoms with Crippen molar-refractivity contribution in [2.75, 3.05) is 7.05 Å². The van der Waals surface area contributed by atoms with Crippen molar-refractivity contribution >= 4 is 29.2 Å². The summed E-state index contributed by atoms with van der Waals surface area (Å²) in [6.07, 6.45) is 3.24. The fourth-order valence-electron chi connectivity index (χ4n) is 2.08. The van der Waals surface area contributed by atoms with Crippen molar-refractivity contribution in [2.24, 2.45) is 0 Å². The summed E-state index contributed by atoms with van der Waals surface area (Å²) >= 11 is 1.68. The molecule has 1 heterocycles. The first-order valence-electron chi connectivity index (χ1n) is 7.36. The first kappa shape index (κ1) is 17.0. The van der Waals surface area contributed by atoms with Gasteiger partial charge in [0.25, 0.3) is 5.91 Å². The van der Waals surface area contributed by atoms with Crippen molar-refractivity contribution in [3.63, 3.8) is 0 Å². The third-order valence-corrected chi connectivity index (χ3v) is 4.56. The Balaban J connectivity index is 1.94. The van der Waals surface area contributed by atoms with E-state index in [9.17, 15) is 9.59 Å². The molecule has 23 heavy (non-hydrogen) atoms. The van der Waals surface area contributed by atoms with Crippen molar-refractivity contribution in [1.29, 1.82) is 0 Å². The maximum absolute atomic E-state index is 12.0. The number of hydrogen-bond donors (Lipinski definition) is 2.